The second kappa shape index (κ2) is 14.9. The van der Waals surface area contributed by atoms with Crippen LogP contribution in [0.5, 0.6) is 0 Å². The molecule has 18 heteroatoms. The summed E-state index contributed by atoms with van der Waals surface area (Å²) in [5.41, 5.74) is -4.05. The standard InChI is InChI=1S/C48H18F14N2O2/c49-35-31(36(50)40(54)33(39(35)53)47(57,58)59)23-9-11-29-27(17-23)43-45(65-29)25(13-15-63-43)21-5-1-19(2-6-21)20-3-7-22(8-4-20)26-14-16-64-44-28-18-24(10-12-30(28)66-46(26)44)32-37(51)41(55)34(48(60,61)62)42(56)38(32)52/h1-18H. The fourth-order valence-electron chi connectivity index (χ4n) is 8.03. The first-order valence-corrected chi connectivity index (χ1v) is 19.0. The lowest BCUT2D eigenvalue weighted by Crippen LogP contribution is -2.16. The zero-order valence-electron chi connectivity index (χ0n) is 32.4. The monoisotopic (exact) mass is 920 g/mol. The third kappa shape index (κ3) is 6.52. The van der Waals surface area contributed by atoms with Crippen molar-refractivity contribution in [2.45, 2.75) is 12.4 Å². The molecule has 0 radical (unpaired) electrons. The number of pyridine rings is 2. The van der Waals surface area contributed by atoms with Gasteiger partial charge in [-0.05, 0) is 69.8 Å². The number of rotatable bonds is 5. The Balaban J connectivity index is 0.947. The van der Waals surface area contributed by atoms with Crippen LogP contribution in [0.2, 0.25) is 0 Å². The van der Waals surface area contributed by atoms with E-state index in [0.717, 1.165) is 35.4 Å². The highest BCUT2D eigenvalue weighted by Crippen LogP contribution is 2.44. The highest BCUT2D eigenvalue weighted by molar-refractivity contribution is 6.09. The van der Waals surface area contributed by atoms with Crippen molar-refractivity contribution < 1.29 is 70.3 Å². The number of hydrogen-bond acceptors (Lipinski definition) is 4. The molecular weight excluding hydrogens is 903 g/mol. The summed E-state index contributed by atoms with van der Waals surface area (Å²) >= 11 is 0. The number of fused-ring (bicyclic) bond motifs is 6. The first-order valence-electron chi connectivity index (χ1n) is 19.0. The highest BCUT2D eigenvalue weighted by Gasteiger charge is 2.44. The molecule has 66 heavy (non-hydrogen) atoms. The van der Waals surface area contributed by atoms with Gasteiger partial charge in [-0.1, -0.05) is 60.7 Å². The van der Waals surface area contributed by atoms with Gasteiger partial charge < -0.3 is 8.83 Å². The number of aromatic nitrogens is 2. The number of alkyl halides is 6. The molecule has 0 fully saturated rings. The quantitative estimate of drug-likeness (QED) is 0.127. The van der Waals surface area contributed by atoms with Gasteiger partial charge in [-0.2, -0.15) is 26.3 Å². The first kappa shape index (κ1) is 42.2. The predicted molar refractivity (Wildman–Crippen MR) is 213 cm³/mol. The fraction of sp³-hybridized carbons (Fsp3) is 0.0417. The lowest BCUT2D eigenvalue weighted by Gasteiger charge is -2.14. The largest absolute Gasteiger partial charge is 0.454 e. The molecule has 0 aliphatic heterocycles. The predicted octanol–water partition coefficient (Wildman–Crippen LogP) is 15.8. The van der Waals surface area contributed by atoms with Crippen molar-refractivity contribution in [2.24, 2.45) is 0 Å². The normalized spacial score (nSPS) is 12.4. The lowest BCUT2D eigenvalue weighted by molar-refractivity contribution is -0.144. The summed E-state index contributed by atoms with van der Waals surface area (Å²) in [4.78, 5) is 8.62. The van der Waals surface area contributed by atoms with Crippen LogP contribution in [0.15, 0.2) is 118 Å². The van der Waals surface area contributed by atoms with E-state index >= 15 is 0 Å². The van der Waals surface area contributed by atoms with Gasteiger partial charge in [0.2, 0.25) is 0 Å². The second-order valence-electron chi connectivity index (χ2n) is 14.9. The molecule has 4 aromatic heterocycles. The molecule has 6 aromatic carbocycles. The summed E-state index contributed by atoms with van der Waals surface area (Å²) in [5.74, 6) is -19.3. The van der Waals surface area contributed by atoms with Crippen LogP contribution < -0.4 is 0 Å². The Morgan fingerprint density at radius 3 is 0.970 bits per heavy atom. The number of halogens is 14. The highest BCUT2D eigenvalue weighted by atomic mass is 19.4. The van der Waals surface area contributed by atoms with E-state index in [1.807, 2.05) is 0 Å². The molecular formula is C48H18F14N2O2. The molecule has 0 bridgehead atoms. The maximum Gasteiger partial charge on any atom is 0.422 e. The van der Waals surface area contributed by atoms with Gasteiger partial charge in [-0.15, -0.1) is 0 Å². The topological polar surface area (TPSA) is 52.1 Å². The van der Waals surface area contributed by atoms with E-state index in [1.54, 1.807) is 60.7 Å². The average molecular weight is 921 g/mol. The van der Waals surface area contributed by atoms with Crippen LogP contribution in [-0.4, -0.2) is 9.97 Å². The molecule has 0 aliphatic carbocycles. The van der Waals surface area contributed by atoms with E-state index < -0.39 is 92.3 Å². The molecule has 330 valence electrons. The Morgan fingerprint density at radius 1 is 0.348 bits per heavy atom. The molecule has 0 aliphatic rings. The molecule has 0 N–H and O–H groups in total. The van der Waals surface area contributed by atoms with E-state index in [4.69, 9.17) is 8.83 Å². The van der Waals surface area contributed by atoms with Gasteiger partial charge >= 0.3 is 12.4 Å². The van der Waals surface area contributed by atoms with Crippen LogP contribution in [-0.2, 0) is 12.4 Å². The summed E-state index contributed by atoms with van der Waals surface area (Å²) in [5, 5.41) is 0.300. The summed E-state index contributed by atoms with van der Waals surface area (Å²) in [6.45, 7) is 0. The van der Waals surface area contributed by atoms with Gasteiger partial charge in [-0.25, -0.2) is 35.1 Å². The van der Waals surface area contributed by atoms with Gasteiger partial charge in [0, 0.05) is 34.3 Å². The van der Waals surface area contributed by atoms with E-state index in [0.29, 0.717) is 22.3 Å². The molecule has 0 saturated heterocycles. The van der Waals surface area contributed by atoms with Crippen molar-refractivity contribution in [3.05, 3.63) is 167 Å². The van der Waals surface area contributed by atoms with Crippen molar-refractivity contribution in [1.82, 2.24) is 9.97 Å². The Hall–Kier alpha value is -7.76. The molecule has 0 saturated carbocycles. The lowest BCUT2D eigenvalue weighted by atomic mass is 9.97. The van der Waals surface area contributed by atoms with Crippen LogP contribution >= 0.6 is 0 Å². The molecule has 4 nitrogen and oxygen atoms in total. The Kier molecular flexibility index (Phi) is 9.53. The van der Waals surface area contributed by atoms with Gasteiger partial charge in [0.25, 0.3) is 0 Å². The second-order valence-corrected chi connectivity index (χ2v) is 14.9. The number of hydrogen-bond donors (Lipinski definition) is 0. The zero-order chi connectivity index (χ0) is 46.7. The molecule has 0 amide bonds. The molecule has 0 atom stereocenters. The smallest absolute Gasteiger partial charge is 0.422 e. The van der Waals surface area contributed by atoms with Crippen LogP contribution in [0.1, 0.15) is 11.1 Å². The van der Waals surface area contributed by atoms with Crippen molar-refractivity contribution in [3.63, 3.8) is 0 Å². The molecule has 10 rings (SSSR count). The first-order chi connectivity index (χ1) is 31.3. The minimum atomic E-state index is -5.70. The Morgan fingerprint density at radius 2 is 0.652 bits per heavy atom. The van der Waals surface area contributed by atoms with Crippen LogP contribution in [0, 0.1) is 46.5 Å². The fourth-order valence-corrected chi connectivity index (χ4v) is 8.03. The van der Waals surface area contributed by atoms with Crippen LogP contribution in [0.3, 0.4) is 0 Å². The molecule has 0 spiro atoms. The Bertz CT molecular complexity index is 3350. The Labute approximate surface area is 359 Å². The SMILES string of the molecule is Fc1c(F)c(C(F)(F)F)c(F)c(F)c1-c1ccc2oc3c(-c4ccc(-c5ccc(-c6ccnc7c6oc6ccc(-c8c(F)c(F)c(C(F)(F)F)c(F)c8F)cc67)cc5)cc4)ccnc3c2c1. The van der Waals surface area contributed by atoms with E-state index in [2.05, 4.69) is 9.97 Å². The van der Waals surface area contributed by atoms with Gasteiger partial charge in [-0.3, -0.25) is 9.97 Å². The van der Waals surface area contributed by atoms with Gasteiger partial charge in [0.05, 0.1) is 11.1 Å². The van der Waals surface area contributed by atoms with E-state index in [-0.39, 0.29) is 44.1 Å². The van der Waals surface area contributed by atoms with E-state index in [1.165, 1.54) is 24.5 Å². The molecule has 0 unspecified atom stereocenters. The van der Waals surface area contributed by atoms with Crippen molar-refractivity contribution >= 4 is 44.1 Å². The van der Waals surface area contributed by atoms with Crippen LogP contribution in [0.4, 0.5) is 61.5 Å². The summed E-state index contributed by atoms with van der Waals surface area (Å²) < 4.78 is 209. The molecule has 10 aromatic rings. The summed E-state index contributed by atoms with van der Waals surface area (Å²) in [6, 6.07) is 24.3. The number of furan rings is 2. The summed E-state index contributed by atoms with van der Waals surface area (Å²) in [6.07, 6.45) is -8.57. The number of benzene rings is 6. The minimum Gasteiger partial charge on any atom is -0.454 e. The third-order valence-electron chi connectivity index (χ3n) is 11.1. The van der Waals surface area contributed by atoms with Gasteiger partial charge in [0.1, 0.15) is 33.3 Å². The number of nitrogens with zero attached hydrogens (tertiary/aromatic N) is 2. The average Bonchev–Trinajstić information content (AvgIpc) is 3.85. The van der Waals surface area contributed by atoms with Crippen LogP contribution in [0.25, 0.3) is 99.8 Å². The third-order valence-corrected chi connectivity index (χ3v) is 11.1. The maximum absolute atomic E-state index is 14.9. The maximum atomic E-state index is 14.9. The van der Waals surface area contributed by atoms with Crippen molar-refractivity contribution in [2.75, 3.05) is 0 Å². The molecule has 4 heterocycles. The van der Waals surface area contributed by atoms with Gasteiger partial charge in [0.15, 0.2) is 57.7 Å². The van der Waals surface area contributed by atoms with E-state index in [9.17, 15) is 61.5 Å². The zero-order valence-corrected chi connectivity index (χ0v) is 32.4. The van der Waals surface area contributed by atoms with Crippen molar-refractivity contribution in [1.29, 1.82) is 0 Å². The summed E-state index contributed by atoms with van der Waals surface area (Å²) in [7, 11) is 0. The van der Waals surface area contributed by atoms with Crippen molar-refractivity contribution in [3.8, 4) is 55.6 Å². The minimum absolute atomic E-state index is 0.148.